The third-order valence-corrected chi connectivity index (χ3v) is 5.21. The van der Waals surface area contributed by atoms with Crippen molar-refractivity contribution >= 4 is 11.6 Å². The van der Waals surface area contributed by atoms with Gasteiger partial charge < -0.3 is 28.4 Å². The van der Waals surface area contributed by atoms with Gasteiger partial charge in [0.1, 0.15) is 23.0 Å². The van der Waals surface area contributed by atoms with E-state index in [9.17, 15) is 4.79 Å². The largest absolute Gasteiger partial charge is 0.497 e. The first-order chi connectivity index (χ1) is 15.1. The van der Waals surface area contributed by atoms with Crippen LogP contribution in [0.5, 0.6) is 23.0 Å². The second-order valence-corrected chi connectivity index (χ2v) is 7.00. The summed E-state index contributed by atoms with van der Waals surface area (Å²) in [5.41, 5.74) is 1.32. The van der Waals surface area contributed by atoms with Crippen LogP contribution < -0.4 is 23.8 Å². The van der Waals surface area contributed by atoms with Crippen molar-refractivity contribution in [1.82, 2.24) is 10.1 Å². The maximum atomic E-state index is 12.8. The fourth-order valence-corrected chi connectivity index (χ4v) is 3.57. The lowest BCUT2D eigenvalue weighted by Gasteiger charge is -2.20. The molecule has 162 valence electrons. The van der Waals surface area contributed by atoms with Crippen molar-refractivity contribution in [2.24, 2.45) is 0 Å². The third kappa shape index (κ3) is 3.98. The van der Waals surface area contributed by atoms with E-state index >= 15 is 0 Å². The van der Waals surface area contributed by atoms with Crippen LogP contribution in [0.1, 0.15) is 18.2 Å². The summed E-state index contributed by atoms with van der Waals surface area (Å²) in [4.78, 5) is 19.0. The minimum atomic E-state index is -0.214. The fraction of sp³-hybridized carbons (Fsp3) is 0.318. The van der Waals surface area contributed by atoms with Crippen LogP contribution in [0, 0.1) is 0 Å². The molecule has 3 aromatic rings. The Bertz CT molecular complexity index is 1070. The molecule has 0 saturated carbocycles. The second kappa shape index (κ2) is 8.55. The summed E-state index contributed by atoms with van der Waals surface area (Å²) in [7, 11) is 6.29. The fourth-order valence-electron chi connectivity index (χ4n) is 3.57. The van der Waals surface area contributed by atoms with Gasteiger partial charge in [-0.2, -0.15) is 4.98 Å². The topological polar surface area (TPSA) is 96.2 Å². The number of nitrogens with zero attached hydrogens (tertiary/aromatic N) is 3. The van der Waals surface area contributed by atoms with E-state index in [2.05, 4.69) is 10.1 Å². The Morgan fingerprint density at radius 3 is 2.29 bits per heavy atom. The van der Waals surface area contributed by atoms with E-state index in [0.717, 1.165) is 0 Å². The van der Waals surface area contributed by atoms with E-state index in [1.807, 2.05) is 0 Å². The van der Waals surface area contributed by atoms with Crippen LogP contribution in [0.4, 0.5) is 5.69 Å². The molecule has 9 heteroatoms. The lowest BCUT2D eigenvalue weighted by atomic mass is 10.1. The van der Waals surface area contributed by atoms with Crippen LogP contribution >= 0.6 is 0 Å². The van der Waals surface area contributed by atoms with Gasteiger partial charge in [0.2, 0.25) is 5.91 Å². The number of methoxy groups -OCH3 is 4. The minimum absolute atomic E-state index is 0.0500. The van der Waals surface area contributed by atoms with Gasteiger partial charge in [0.15, 0.2) is 5.82 Å². The lowest BCUT2D eigenvalue weighted by Crippen LogP contribution is -2.25. The highest BCUT2D eigenvalue weighted by atomic mass is 16.5. The molecule has 0 spiro atoms. The van der Waals surface area contributed by atoms with Crippen LogP contribution in [0.3, 0.4) is 0 Å². The predicted molar refractivity (Wildman–Crippen MR) is 112 cm³/mol. The van der Waals surface area contributed by atoms with E-state index in [1.165, 1.54) is 0 Å². The molecular weight excluding hydrogens is 402 g/mol. The van der Waals surface area contributed by atoms with Crippen LogP contribution in [0.15, 0.2) is 40.9 Å². The number of amides is 1. The second-order valence-electron chi connectivity index (χ2n) is 7.00. The molecule has 1 aliphatic rings. The first-order valence-corrected chi connectivity index (χ1v) is 9.65. The molecule has 9 nitrogen and oxygen atoms in total. The van der Waals surface area contributed by atoms with Crippen molar-refractivity contribution in [2.45, 2.75) is 12.3 Å². The van der Waals surface area contributed by atoms with Crippen molar-refractivity contribution < 1.29 is 28.3 Å². The normalized spacial score (nSPS) is 15.8. The van der Waals surface area contributed by atoms with Crippen molar-refractivity contribution in [3.8, 4) is 34.5 Å². The highest BCUT2D eigenvalue weighted by molar-refractivity contribution is 5.98. The summed E-state index contributed by atoms with van der Waals surface area (Å²) in [6.07, 6.45) is 0.265. The SMILES string of the molecule is COc1cc(OC)cc(-c2nc(C3CC(=O)N(c4cc(OC)ccc4OC)C3)no2)c1. The van der Waals surface area contributed by atoms with E-state index in [0.29, 0.717) is 52.5 Å². The maximum absolute atomic E-state index is 12.8. The van der Waals surface area contributed by atoms with Crippen LogP contribution in [-0.4, -0.2) is 51.0 Å². The Balaban J connectivity index is 1.60. The van der Waals surface area contributed by atoms with Gasteiger partial charge in [-0.3, -0.25) is 4.79 Å². The van der Waals surface area contributed by atoms with Crippen LogP contribution in [-0.2, 0) is 4.79 Å². The molecule has 1 aromatic heterocycles. The van der Waals surface area contributed by atoms with Gasteiger partial charge in [-0.15, -0.1) is 0 Å². The highest BCUT2D eigenvalue weighted by Gasteiger charge is 2.36. The highest BCUT2D eigenvalue weighted by Crippen LogP contribution is 2.38. The molecule has 1 unspecified atom stereocenters. The van der Waals surface area contributed by atoms with E-state index in [4.69, 9.17) is 23.5 Å². The van der Waals surface area contributed by atoms with Gasteiger partial charge in [0, 0.05) is 36.6 Å². The standard InChI is InChI=1S/C22H23N3O6/c1-27-15-5-6-19(30-4)18(11-15)25-12-14(9-20(25)26)21-23-22(31-24-21)13-7-16(28-2)10-17(8-13)29-3/h5-8,10-11,14H,9,12H2,1-4H3. The Kier molecular flexibility index (Phi) is 5.66. The van der Waals surface area contributed by atoms with E-state index in [1.54, 1.807) is 69.7 Å². The predicted octanol–water partition coefficient (Wildman–Crippen LogP) is 3.29. The van der Waals surface area contributed by atoms with Gasteiger partial charge in [0.05, 0.1) is 34.1 Å². The van der Waals surface area contributed by atoms with Crippen molar-refractivity contribution in [3.63, 3.8) is 0 Å². The summed E-state index contributed by atoms with van der Waals surface area (Å²) >= 11 is 0. The number of anilines is 1. The van der Waals surface area contributed by atoms with Gasteiger partial charge in [0.25, 0.3) is 5.89 Å². The Hall–Kier alpha value is -3.75. The van der Waals surface area contributed by atoms with E-state index in [-0.39, 0.29) is 18.2 Å². The van der Waals surface area contributed by atoms with Gasteiger partial charge >= 0.3 is 0 Å². The molecule has 0 N–H and O–H groups in total. The average Bonchev–Trinajstić information content (AvgIpc) is 3.45. The zero-order valence-corrected chi connectivity index (χ0v) is 17.7. The van der Waals surface area contributed by atoms with Crippen molar-refractivity contribution in [2.75, 3.05) is 39.9 Å². The molecule has 0 bridgehead atoms. The van der Waals surface area contributed by atoms with Crippen molar-refractivity contribution in [3.05, 3.63) is 42.2 Å². The minimum Gasteiger partial charge on any atom is -0.497 e. The van der Waals surface area contributed by atoms with Gasteiger partial charge in [-0.05, 0) is 24.3 Å². The molecule has 1 saturated heterocycles. The monoisotopic (exact) mass is 425 g/mol. The first kappa shape index (κ1) is 20.5. The first-order valence-electron chi connectivity index (χ1n) is 9.65. The molecule has 4 rings (SSSR count). The number of carbonyl (C=O) groups is 1. The molecule has 1 amide bonds. The molecule has 1 atom stereocenters. The molecule has 1 aliphatic heterocycles. The summed E-state index contributed by atoms with van der Waals surface area (Å²) < 4.78 is 26.8. The van der Waals surface area contributed by atoms with Gasteiger partial charge in [-0.25, -0.2) is 0 Å². The van der Waals surface area contributed by atoms with Crippen LogP contribution in [0.25, 0.3) is 11.5 Å². The Morgan fingerprint density at radius 2 is 1.65 bits per heavy atom. The van der Waals surface area contributed by atoms with Crippen LogP contribution in [0.2, 0.25) is 0 Å². The molecule has 1 fully saturated rings. The number of carbonyl (C=O) groups excluding carboxylic acids is 1. The average molecular weight is 425 g/mol. The summed E-state index contributed by atoms with van der Waals surface area (Å²) in [6.45, 7) is 0.406. The lowest BCUT2D eigenvalue weighted by molar-refractivity contribution is -0.117. The van der Waals surface area contributed by atoms with Gasteiger partial charge in [-0.1, -0.05) is 5.16 Å². The molecule has 2 heterocycles. The summed E-state index contributed by atoms with van der Waals surface area (Å²) in [5.74, 6) is 2.99. The number of ether oxygens (including phenoxy) is 4. The van der Waals surface area contributed by atoms with E-state index < -0.39 is 0 Å². The maximum Gasteiger partial charge on any atom is 0.258 e. The number of hydrogen-bond donors (Lipinski definition) is 0. The Morgan fingerprint density at radius 1 is 0.935 bits per heavy atom. The molecular formula is C22H23N3O6. The smallest absolute Gasteiger partial charge is 0.258 e. The molecule has 2 aromatic carbocycles. The third-order valence-electron chi connectivity index (χ3n) is 5.21. The summed E-state index contributed by atoms with van der Waals surface area (Å²) in [5, 5.41) is 4.12. The van der Waals surface area contributed by atoms with Crippen molar-refractivity contribution in [1.29, 1.82) is 0 Å². The number of rotatable bonds is 7. The number of benzene rings is 2. The summed E-state index contributed by atoms with van der Waals surface area (Å²) in [6, 6.07) is 10.7. The quantitative estimate of drug-likeness (QED) is 0.569. The Labute approximate surface area is 179 Å². The molecule has 0 aliphatic carbocycles. The molecule has 0 radical (unpaired) electrons. The number of hydrogen-bond acceptors (Lipinski definition) is 8. The zero-order valence-electron chi connectivity index (χ0n) is 17.7. The number of aromatic nitrogens is 2. The molecule has 31 heavy (non-hydrogen) atoms. The zero-order chi connectivity index (χ0) is 22.0.